The summed E-state index contributed by atoms with van der Waals surface area (Å²) in [5.74, 6) is -0.0300. The second-order valence-corrected chi connectivity index (χ2v) is 8.51. The lowest BCUT2D eigenvalue weighted by atomic mass is 9.79. The fourth-order valence-electron chi connectivity index (χ4n) is 3.95. The molecule has 0 atom stereocenters. The van der Waals surface area contributed by atoms with Crippen molar-refractivity contribution in [1.29, 1.82) is 0 Å². The van der Waals surface area contributed by atoms with Crippen molar-refractivity contribution in [1.82, 2.24) is 4.98 Å². The minimum atomic E-state index is -0.536. The van der Waals surface area contributed by atoms with E-state index in [1.807, 2.05) is 0 Å². The van der Waals surface area contributed by atoms with Crippen molar-refractivity contribution in [3.05, 3.63) is 34.2 Å². The van der Waals surface area contributed by atoms with Gasteiger partial charge in [-0.25, -0.2) is 4.98 Å². The van der Waals surface area contributed by atoms with Crippen molar-refractivity contribution in [2.75, 3.05) is 25.1 Å². The van der Waals surface area contributed by atoms with Crippen molar-refractivity contribution in [3.63, 3.8) is 0 Å². The number of hydrogen-bond donors (Lipinski definition) is 2. The molecule has 1 aliphatic heterocycles. The summed E-state index contributed by atoms with van der Waals surface area (Å²) in [4.78, 5) is 18.7. The Morgan fingerprint density at radius 1 is 1.31 bits per heavy atom. The third kappa shape index (κ3) is 3.17. The second-order valence-electron chi connectivity index (χ2n) is 7.31. The molecule has 1 aromatic heterocycles. The second kappa shape index (κ2) is 7.10. The molecule has 1 fully saturated rings. The Hall–Kier alpha value is -1.76. The number of thiazole rings is 1. The molecule has 1 aliphatic carbocycles. The quantitative estimate of drug-likeness (QED) is 0.864. The Kier molecular flexibility index (Phi) is 4.82. The maximum Gasteiger partial charge on any atom is 0.233 e. The van der Waals surface area contributed by atoms with Gasteiger partial charge in [-0.05, 0) is 56.2 Å². The van der Waals surface area contributed by atoms with Gasteiger partial charge in [0.25, 0.3) is 0 Å². The minimum absolute atomic E-state index is 0.0300. The zero-order valence-corrected chi connectivity index (χ0v) is 16.0. The van der Waals surface area contributed by atoms with E-state index in [4.69, 9.17) is 15.5 Å². The topological polar surface area (TPSA) is 77.2 Å². The normalized spacial score (nSPS) is 18.5. The first-order valence-corrected chi connectivity index (χ1v) is 10.1. The van der Waals surface area contributed by atoms with Gasteiger partial charge in [-0.2, -0.15) is 0 Å². The highest BCUT2D eigenvalue weighted by Gasteiger charge is 2.39. The number of fused-ring (bicyclic) bond motifs is 1. The van der Waals surface area contributed by atoms with Crippen molar-refractivity contribution in [2.24, 2.45) is 11.1 Å². The monoisotopic (exact) mass is 371 g/mol. The molecule has 6 heteroatoms. The van der Waals surface area contributed by atoms with E-state index in [0.717, 1.165) is 22.6 Å². The smallest absolute Gasteiger partial charge is 0.233 e. The van der Waals surface area contributed by atoms with Crippen LogP contribution in [0.1, 0.15) is 35.3 Å². The van der Waals surface area contributed by atoms with Gasteiger partial charge in [-0.3, -0.25) is 4.79 Å². The predicted molar refractivity (Wildman–Crippen MR) is 104 cm³/mol. The first-order chi connectivity index (χ1) is 12.6. The van der Waals surface area contributed by atoms with E-state index in [1.165, 1.54) is 35.3 Å². The van der Waals surface area contributed by atoms with Gasteiger partial charge in [0.1, 0.15) is 0 Å². The summed E-state index contributed by atoms with van der Waals surface area (Å²) in [7, 11) is 0. The molecule has 0 bridgehead atoms. The fraction of sp³-hybridized carbons (Fsp3) is 0.500. The van der Waals surface area contributed by atoms with Gasteiger partial charge in [-0.1, -0.05) is 12.1 Å². The number of nitrogens with one attached hydrogen (secondary N) is 1. The summed E-state index contributed by atoms with van der Waals surface area (Å²) in [5, 5.41) is 3.67. The average Bonchev–Trinajstić information content (AvgIpc) is 3.27. The standard InChI is InChI=1S/C20H25N3O2S/c1-13-17(16-6-5-14-3-2-4-15(14)11-16)22-19(26-13)23-18(24)20(12-21)7-9-25-10-8-20/h5-6,11H,2-4,7-10,12,21H2,1H3,(H,22,23,24). The summed E-state index contributed by atoms with van der Waals surface area (Å²) in [6.45, 7) is 3.57. The average molecular weight is 372 g/mol. The van der Waals surface area contributed by atoms with Crippen LogP contribution in [0.15, 0.2) is 18.2 Å². The lowest BCUT2D eigenvalue weighted by molar-refractivity contribution is -0.130. The van der Waals surface area contributed by atoms with Crippen molar-refractivity contribution < 1.29 is 9.53 Å². The summed E-state index contributed by atoms with van der Waals surface area (Å²) in [6, 6.07) is 6.63. The third-order valence-electron chi connectivity index (χ3n) is 5.71. The maximum atomic E-state index is 12.9. The van der Waals surface area contributed by atoms with Gasteiger partial charge in [0.05, 0.1) is 11.1 Å². The molecule has 0 radical (unpaired) electrons. The minimum Gasteiger partial charge on any atom is -0.381 e. The Labute approximate surface area is 158 Å². The van der Waals surface area contributed by atoms with Crippen LogP contribution in [0.25, 0.3) is 11.3 Å². The third-order valence-corrected chi connectivity index (χ3v) is 6.60. The molecule has 1 amide bonds. The number of anilines is 1. The molecule has 3 N–H and O–H groups in total. The van der Waals surface area contributed by atoms with Crippen molar-refractivity contribution >= 4 is 22.4 Å². The van der Waals surface area contributed by atoms with Gasteiger partial charge >= 0.3 is 0 Å². The number of carbonyl (C=O) groups is 1. The van der Waals surface area contributed by atoms with Crippen molar-refractivity contribution in [2.45, 2.75) is 39.0 Å². The summed E-state index contributed by atoms with van der Waals surface area (Å²) in [5.41, 5.74) is 10.4. The van der Waals surface area contributed by atoms with Crippen LogP contribution in [-0.2, 0) is 22.4 Å². The molecule has 1 saturated heterocycles. The number of amides is 1. The summed E-state index contributed by atoms with van der Waals surface area (Å²) >= 11 is 1.53. The highest BCUT2D eigenvalue weighted by atomic mass is 32.1. The number of nitrogens with zero attached hydrogens (tertiary/aromatic N) is 1. The van der Waals surface area contributed by atoms with E-state index < -0.39 is 5.41 Å². The number of benzene rings is 1. The molecule has 5 nitrogen and oxygen atoms in total. The van der Waals surface area contributed by atoms with Gasteiger partial charge < -0.3 is 15.8 Å². The molecule has 138 valence electrons. The van der Waals surface area contributed by atoms with Gasteiger partial charge in [0.15, 0.2) is 5.13 Å². The van der Waals surface area contributed by atoms with Crippen LogP contribution in [-0.4, -0.2) is 30.6 Å². The number of hydrogen-bond acceptors (Lipinski definition) is 5. The molecule has 0 saturated carbocycles. The molecule has 26 heavy (non-hydrogen) atoms. The molecule has 0 unspecified atom stereocenters. The number of aryl methyl sites for hydroxylation is 3. The van der Waals surface area contributed by atoms with Crippen LogP contribution in [0, 0.1) is 12.3 Å². The van der Waals surface area contributed by atoms with Gasteiger partial charge in [0, 0.05) is 30.2 Å². The first-order valence-electron chi connectivity index (χ1n) is 9.30. The first kappa shape index (κ1) is 17.6. The summed E-state index contributed by atoms with van der Waals surface area (Å²) < 4.78 is 5.40. The predicted octanol–water partition coefficient (Wildman–Crippen LogP) is 3.30. The van der Waals surface area contributed by atoms with Crippen LogP contribution >= 0.6 is 11.3 Å². The number of ether oxygens (including phenoxy) is 1. The van der Waals surface area contributed by atoms with E-state index in [0.29, 0.717) is 37.7 Å². The highest BCUT2D eigenvalue weighted by molar-refractivity contribution is 7.16. The number of nitrogens with two attached hydrogens (primary N) is 1. The molecule has 1 aromatic carbocycles. The zero-order valence-electron chi connectivity index (χ0n) is 15.1. The SMILES string of the molecule is Cc1sc(NC(=O)C2(CN)CCOCC2)nc1-c1ccc2c(c1)CCC2. The van der Waals surface area contributed by atoms with E-state index in [-0.39, 0.29) is 5.91 Å². The number of carbonyl (C=O) groups excluding carboxylic acids is 1. The Morgan fingerprint density at radius 2 is 2.08 bits per heavy atom. The van der Waals surface area contributed by atoms with E-state index in [2.05, 4.69) is 30.4 Å². The maximum absolute atomic E-state index is 12.9. The van der Waals surface area contributed by atoms with E-state index in [9.17, 15) is 4.79 Å². The molecular weight excluding hydrogens is 346 g/mol. The number of aromatic nitrogens is 1. The fourth-order valence-corrected chi connectivity index (χ4v) is 4.78. The largest absolute Gasteiger partial charge is 0.381 e. The molecule has 4 rings (SSSR count). The van der Waals surface area contributed by atoms with Gasteiger partial charge in [-0.15, -0.1) is 11.3 Å². The van der Waals surface area contributed by atoms with E-state index in [1.54, 1.807) is 0 Å². The summed E-state index contributed by atoms with van der Waals surface area (Å²) in [6.07, 6.45) is 4.89. The Morgan fingerprint density at radius 3 is 2.85 bits per heavy atom. The van der Waals surface area contributed by atoms with E-state index >= 15 is 0 Å². The molecule has 0 spiro atoms. The van der Waals surface area contributed by atoms with Crippen LogP contribution in [0.2, 0.25) is 0 Å². The van der Waals surface area contributed by atoms with Crippen LogP contribution in [0.5, 0.6) is 0 Å². The van der Waals surface area contributed by atoms with Gasteiger partial charge in [0.2, 0.25) is 5.91 Å². The molecule has 2 aromatic rings. The molecule has 2 aliphatic rings. The molecular formula is C20H25N3O2S. The Balaban J connectivity index is 1.56. The molecule has 2 heterocycles. The zero-order chi connectivity index (χ0) is 18.1. The lowest BCUT2D eigenvalue weighted by Gasteiger charge is -2.34. The number of rotatable bonds is 4. The Bertz CT molecular complexity index is 824. The van der Waals surface area contributed by atoms with Crippen molar-refractivity contribution in [3.8, 4) is 11.3 Å². The van der Waals surface area contributed by atoms with Crippen LogP contribution in [0.3, 0.4) is 0 Å². The highest BCUT2D eigenvalue weighted by Crippen LogP contribution is 2.35. The van der Waals surface area contributed by atoms with Crippen LogP contribution < -0.4 is 11.1 Å². The van der Waals surface area contributed by atoms with Crippen LogP contribution in [0.4, 0.5) is 5.13 Å². The lowest BCUT2D eigenvalue weighted by Crippen LogP contribution is -2.46.